The van der Waals surface area contributed by atoms with Crippen molar-refractivity contribution >= 4 is 5.91 Å². The molecular weight excluding hydrogens is 1760 g/mol. The van der Waals surface area contributed by atoms with Gasteiger partial charge < -0.3 is 263 Å². The lowest BCUT2D eigenvalue weighted by Crippen LogP contribution is -2.68. The molecule has 32 N–H and O–H groups in total. The van der Waals surface area contributed by atoms with Crippen LogP contribution in [0.15, 0.2) is 24.3 Å². The van der Waals surface area contributed by atoms with Crippen LogP contribution >= 0.6 is 0 Å². The van der Waals surface area contributed by atoms with Crippen LogP contribution in [0.2, 0.25) is 0 Å². The van der Waals surface area contributed by atoms with Crippen LogP contribution in [0.25, 0.3) is 0 Å². The van der Waals surface area contributed by atoms with Gasteiger partial charge in [0, 0.05) is 25.7 Å². The molecule has 0 aromatic heterocycles. The van der Waals surface area contributed by atoms with E-state index >= 15 is 0 Å². The van der Waals surface area contributed by atoms with Crippen molar-refractivity contribution in [3.05, 3.63) is 29.8 Å². The van der Waals surface area contributed by atoms with Crippen molar-refractivity contribution in [3.63, 3.8) is 0 Å². The van der Waals surface area contributed by atoms with Crippen molar-refractivity contribution in [2.24, 2.45) is 11.1 Å². The molecule has 54 nitrogen and oxygen atoms in total. The molecule has 1 amide bonds. The lowest BCUT2D eigenvalue weighted by Gasteiger charge is -2.50. The number of hydrogen-bond acceptors (Lipinski definition) is 53. The number of ether oxygens (including phenoxy) is 22. The third kappa shape index (κ3) is 21.5. The van der Waals surface area contributed by atoms with E-state index in [1.807, 2.05) is 13.8 Å². The van der Waals surface area contributed by atoms with Crippen LogP contribution in [0.5, 0.6) is 5.75 Å². The van der Waals surface area contributed by atoms with Gasteiger partial charge in [0.25, 0.3) is 0 Å². The Morgan fingerprint density at radius 3 is 0.690 bits per heavy atom. The topological polar surface area (TPSA) is 845 Å². The predicted octanol–water partition coefficient (Wildman–Crippen LogP) is -20.0. The number of methoxy groups -OCH3 is 2. The zero-order valence-corrected chi connectivity index (χ0v) is 69.5. The van der Waals surface area contributed by atoms with Gasteiger partial charge in [-0.1, -0.05) is 26.0 Å². The number of aliphatic hydroxyl groups excluding tert-OH is 29. The third-order valence-electron chi connectivity index (χ3n) is 25.3. The van der Waals surface area contributed by atoms with Crippen molar-refractivity contribution in [1.82, 2.24) is 5.32 Å². The van der Waals surface area contributed by atoms with E-state index in [0.29, 0.717) is 6.42 Å². The van der Waals surface area contributed by atoms with Gasteiger partial charge in [0.15, 0.2) is 56.6 Å². The number of amides is 1. The predicted molar refractivity (Wildman–Crippen MR) is 402 cm³/mol. The number of aliphatic hydroxyl groups is 29. The van der Waals surface area contributed by atoms with Gasteiger partial charge in [0.1, 0.15) is 250 Å². The molecule has 0 saturated carbocycles. The minimum absolute atomic E-state index is 0.175. The Morgan fingerprint density at radius 1 is 0.279 bits per heavy atom. The zero-order valence-electron chi connectivity index (χ0n) is 69.5. The first-order valence-electron chi connectivity index (χ1n) is 41.7. The van der Waals surface area contributed by atoms with Gasteiger partial charge in [-0.05, 0) is 24.1 Å². The van der Waals surface area contributed by atoms with Gasteiger partial charge in [0.2, 0.25) is 12.2 Å². The van der Waals surface area contributed by atoms with Gasteiger partial charge in [-0.3, -0.25) is 4.79 Å². The molecule has 54 heteroatoms. The van der Waals surface area contributed by atoms with E-state index in [-0.39, 0.29) is 17.7 Å². The Kier molecular flexibility index (Phi) is 36.3. The molecule has 0 bridgehead atoms. The van der Waals surface area contributed by atoms with E-state index in [4.69, 9.17) is 110 Å². The standard InChI is InChI=1S/C75H122N2O52/c1-75(2)32(77-64(107)63(75)76)9-20-5-7-21(8-6-20)110-65-43(98)34(89)60(30(18-86)112-65)129-74-62(109-4)51(106)61(31(19-87)120-74)128-73-50(105)41(96)59(29(17-85)119-73)127-72-49(104)40(95)58(28(16-84)118-72)126-71-48(103)39(94)57(27(15-83)117-71)125-70-47(102)38(93)56(26(14-82)116-70)124-69-46(101)37(92)55(25(13-81)115-69)123-68-45(100)36(91)54(24(12-80)114-68)122-67-44(99)35(90)53(23(11-79)113-67)121-66-42(97)33(88)52(108-3)22(10-78)111-66/h5-8,22-63,65-74,78-106H,9-19,76H2,1-4H3,(H,77,107). The first-order chi connectivity index (χ1) is 61.3. The molecule has 1 aromatic rings. The number of benzene rings is 1. The van der Waals surface area contributed by atoms with E-state index in [0.717, 1.165) is 12.7 Å². The molecule has 52 atom stereocenters. The first-order valence-corrected chi connectivity index (χ1v) is 41.7. The summed E-state index contributed by atoms with van der Waals surface area (Å²) in [7, 11) is 2.26. The highest BCUT2D eigenvalue weighted by molar-refractivity contribution is 5.85. The first kappa shape index (κ1) is 104. The lowest BCUT2D eigenvalue weighted by molar-refractivity contribution is -0.401. The van der Waals surface area contributed by atoms with E-state index in [1.54, 1.807) is 24.3 Å². The number of nitrogens with two attached hydrogens (primary N) is 1. The minimum atomic E-state index is -2.32. The fraction of sp³-hybridized carbons (Fsp3) is 0.907. The molecule has 11 heterocycles. The summed E-state index contributed by atoms with van der Waals surface area (Å²) in [5.41, 5.74) is 6.34. The largest absolute Gasteiger partial charge is 0.462 e. The molecule has 12 rings (SSSR count). The summed E-state index contributed by atoms with van der Waals surface area (Å²) in [6.45, 7) is -6.51. The number of carbonyl (C=O) groups excluding carboxylic acids is 1. The smallest absolute Gasteiger partial charge is 0.237 e. The molecule has 11 fully saturated rings. The summed E-state index contributed by atoms with van der Waals surface area (Å²) in [6, 6.07) is 5.55. The van der Waals surface area contributed by atoms with Gasteiger partial charge in [-0.2, -0.15) is 0 Å². The second-order valence-corrected chi connectivity index (χ2v) is 33.7. The molecule has 0 spiro atoms. The summed E-state index contributed by atoms with van der Waals surface area (Å²) in [4.78, 5) is 12.3. The van der Waals surface area contributed by atoms with Crippen LogP contribution in [0, 0.1) is 5.41 Å². The summed E-state index contributed by atoms with van der Waals surface area (Å²) in [5.74, 6) is -0.101. The Bertz CT molecular complexity index is 3570. The highest BCUT2D eigenvalue weighted by Gasteiger charge is 2.62. The molecule has 744 valence electrons. The van der Waals surface area contributed by atoms with Gasteiger partial charge >= 0.3 is 0 Å². The third-order valence-corrected chi connectivity index (χ3v) is 25.3. The summed E-state index contributed by atoms with van der Waals surface area (Å²) < 4.78 is 126. The quantitative estimate of drug-likeness (QED) is 0.0305. The molecule has 11 aliphatic rings. The van der Waals surface area contributed by atoms with Gasteiger partial charge in [0.05, 0.1) is 72.1 Å². The summed E-state index contributed by atoms with van der Waals surface area (Å²) in [5, 5.41) is 324. The number of rotatable bonds is 34. The second-order valence-electron chi connectivity index (χ2n) is 33.7. The monoisotopic (exact) mass is 1880 g/mol. The Hall–Kier alpha value is -3.55. The van der Waals surface area contributed by atoms with Crippen molar-refractivity contribution in [3.8, 4) is 5.75 Å². The molecule has 11 aliphatic heterocycles. The van der Waals surface area contributed by atoms with Crippen molar-refractivity contribution in [2.45, 2.75) is 339 Å². The molecule has 1 aromatic carbocycles. The highest BCUT2D eigenvalue weighted by Crippen LogP contribution is 2.42. The summed E-state index contributed by atoms with van der Waals surface area (Å²) >= 11 is 0. The molecule has 52 unspecified atom stereocenters. The minimum Gasteiger partial charge on any atom is -0.462 e. The fourth-order valence-electron chi connectivity index (χ4n) is 17.5. The van der Waals surface area contributed by atoms with Crippen LogP contribution < -0.4 is 15.8 Å². The maximum absolute atomic E-state index is 12.3. The van der Waals surface area contributed by atoms with Crippen LogP contribution in [0.1, 0.15) is 19.4 Å². The van der Waals surface area contributed by atoms with E-state index in [9.17, 15) is 153 Å². The van der Waals surface area contributed by atoms with Crippen molar-refractivity contribution < 1.29 is 257 Å². The number of hydrogen-bond donors (Lipinski definition) is 31. The summed E-state index contributed by atoms with van der Waals surface area (Å²) in [6.07, 6.45) is -97.1. The van der Waals surface area contributed by atoms with Crippen LogP contribution in [-0.2, 0) is 111 Å². The Morgan fingerprint density at radius 2 is 0.473 bits per heavy atom. The molecule has 0 radical (unpaired) electrons. The molecule has 11 saturated heterocycles. The van der Waals surface area contributed by atoms with Crippen molar-refractivity contribution in [1.29, 1.82) is 0 Å². The van der Waals surface area contributed by atoms with E-state index in [1.165, 1.54) is 7.11 Å². The van der Waals surface area contributed by atoms with Crippen molar-refractivity contribution in [2.75, 3.05) is 80.3 Å². The number of carbonyl (C=O) groups is 1. The van der Waals surface area contributed by atoms with E-state index in [2.05, 4.69) is 5.32 Å². The van der Waals surface area contributed by atoms with Crippen LogP contribution in [0.4, 0.5) is 0 Å². The van der Waals surface area contributed by atoms with Crippen LogP contribution in [0.3, 0.4) is 0 Å². The molecule has 129 heavy (non-hydrogen) atoms. The highest BCUT2D eigenvalue weighted by atomic mass is 16.8. The average molecular weight is 1880 g/mol. The lowest BCUT2D eigenvalue weighted by atomic mass is 9.79. The van der Waals surface area contributed by atoms with E-state index < -0.39 is 385 Å². The maximum atomic E-state index is 12.3. The molecular formula is C75H122N2O52. The Balaban J connectivity index is 0.605. The molecule has 0 aliphatic carbocycles. The average Bonchev–Trinajstić information content (AvgIpc) is 1.59. The zero-order chi connectivity index (χ0) is 94.1. The van der Waals surface area contributed by atoms with Gasteiger partial charge in [-0.25, -0.2) is 0 Å². The SMILES string of the molecule is COC1C(CO)OC(OC2C(CO)OC(OC3C(CO)OC(OC4C(CO)OC(OC5C(CO)OC(OC6C(CO)OC(OC7C(CO)OC(OC8C(CO)OC(OC9C(CO)OC(OC%10C(CO)OC(Oc%11ccc(CC%12NC(=O)C(N)C%12(C)C)cc%11)C(O)C%10O)C(OC)C9O)C(O)C8O)C(O)C7O)C(O)C6O)C(O)C5O)C(O)C4O)C(O)C3O)C(O)C2O)C(O)C1O. The fourth-order valence-corrected chi connectivity index (χ4v) is 17.5. The van der Waals surface area contributed by atoms with Gasteiger partial charge in [-0.15, -0.1) is 0 Å². The normalized spacial score (nSPS) is 50.0. The van der Waals surface area contributed by atoms with Crippen LogP contribution in [-0.4, -0.2) is 553 Å². The second kappa shape index (κ2) is 44.9. The number of nitrogens with one attached hydrogen (secondary N) is 1. The maximum Gasteiger partial charge on any atom is 0.237 e. The Labute approximate surface area is 732 Å².